The number of carbonyl (C=O) groups is 2. The molecule has 0 spiro atoms. The summed E-state index contributed by atoms with van der Waals surface area (Å²) >= 11 is 9.89. The molecule has 256 valence electrons. The zero-order chi connectivity index (χ0) is 34.3. The topological polar surface area (TPSA) is 96.3 Å². The summed E-state index contributed by atoms with van der Waals surface area (Å²) in [5, 5.41) is 0.780. The fourth-order valence-electron chi connectivity index (χ4n) is 6.80. The van der Waals surface area contributed by atoms with E-state index in [1.807, 2.05) is 60.5 Å². The summed E-state index contributed by atoms with van der Waals surface area (Å²) in [7, 11) is 5.79. The summed E-state index contributed by atoms with van der Waals surface area (Å²) in [5.41, 5.74) is 0.322. The molecule has 1 saturated carbocycles. The van der Waals surface area contributed by atoms with Gasteiger partial charge in [0.25, 0.3) is 0 Å². The maximum absolute atomic E-state index is 16.0. The molecule has 1 aromatic carbocycles. The highest BCUT2D eigenvalue weighted by Crippen LogP contribution is 2.52. The van der Waals surface area contributed by atoms with Crippen molar-refractivity contribution in [3.05, 3.63) is 27.2 Å². The Bertz CT molecular complexity index is 1750. The first-order valence-electron chi connectivity index (χ1n) is 16.1. The van der Waals surface area contributed by atoms with Crippen LogP contribution in [0.5, 0.6) is 0 Å². The van der Waals surface area contributed by atoms with E-state index in [4.69, 9.17) is 31.0 Å². The lowest BCUT2D eigenvalue weighted by Gasteiger charge is -2.43. The highest BCUT2D eigenvalue weighted by molar-refractivity contribution is 9.10. The molecule has 11 nitrogen and oxygen atoms in total. The Morgan fingerprint density at radius 3 is 2.32 bits per heavy atom. The number of hydrogen-bond donors (Lipinski definition) is 0. The van der Waals surface area contributed by atoms with Crippen LogP contribution in [-0.4, -0.2) is 112 Å². The number of amides is 2. The number of aromatic nitrogens is 3. The van der Waals surface area contributed by atoms with Gasteiger partial charge in [-0.15, -0.1) is 0 Å². The molecule has 3 unspecified atom stereocenters. The highest BCUT2D eigenvalue weighted by atomic mass is 79.9. The van der Waals surface area contributed by atoms with Crippen LogP contribution in [-0.2, 0) is 15.9 Å². The van der Waals surface area contributed by atoms with E-state index < -0.39 is 23.1 Å². The fraction of sp³-hybridized carbons (Fsp3) is 0.636. The molecular weight excluding hydrogens is 693 g/mol. The van der Waals surface area contributed by atoms with E-state index in [1.54, 1.807) is 18.0 Å². The van der Waals surface area contributed by atoms with Gasteiger partial charge in [-0.05, 0) is 84.1 Å². The molecule has 0 radical (unpaired) electrons. The van der Waals surface area contributed by atoms with Crippen LogP contribution in [0.4, 0.5) is 19.8 Å². The van der Waals surface area contributed by atoms with Gasteiger partial charge in [-0.2, -0.15) is 0 Å². The largest absolute Gasteiger partial charge is 0.444 e. The van der Waals surface area contributed by atoms with Crippen molar-refractivity contribution in [2.75, 3.05) is 52.2 Å². The molecule has 1 aliphatic carbocycles. The molecule has 4 aliphatic rings. The van der Waals surface area contributed by atoms with Crippen molar-refractivity contribution in [2.45, 2.75) is 83.7 Å². The van der Waals surface area contributed by atoms with Gasteiger partial charge >= 0.3 is 12.2 Å². The van der Waals surface area contributed by atoms with Crippen LogP contribution >= 0.6 is 27.5 Å². The second-order valence-electron chi connectivity index (χ2n) is 15.3. The minimum absolute atomic E-state index is 0.121. The zero-order valence-corrected chi connectivity index (χ0v) is 30.9. The van der Waals surface area contributed by atoms with E-state index in [9.17, 15) is 9.59 Å². The SMILES string of the molecule is CN(CCc1nc2c(N3CC(N(C)C)C3)nc3c(F)c(Br)c(Cl)cc3c2n1C1C2CC1N(C(=O)OC(C)(C)C)C2)C(=O)OC(C)(C)C. The summed E-state index contributed by atoms with van der Waals surface area (Å²) in [5.74, 6) is 0.943. The summed E-state index contributed by atoms with van der Waals surface area (Å²) in [4.78, 5) is 43.9. The van der Waals surface area contributed by atoms with Gasteiger partial charge in [0, 0.05) is 57.0 Å². The first-order chi connectivity index (χ1) is 21.8. The van der Waals surface area contributed by atoms with Gasteiger partial charge in [-0.1, -0.05) is 11.6 Å². The van der Waals surface area contributed by atoms with Crippen LogP contribution in [0.25, 0.3) is 21.9 Å². The Hall–Kier alpha value is -2.90. The predicted molar refractivity (Wildman–Crippen MR) is 184 cm³/mol. The summed E-state index contributed by atoms with van der Waals surface area (Å²) < 4.78 is 29.7. The summed E-state index contributed by atoms with van der Waals surface area (Å²) in [6.45, 7) is 13.4. The zero-order valence-electron chi connectivity index (χ0n) is 28.5. The quantitative estimate of drug-likeness (QED) is 0.266. The molecule has 47 heavy (non-hydrogen) atoms. The molecule has 2 aromatic heterocycles. The molecule has 3 atom stereocenters. The number of benzene rings is 1. The van der Waals surface area contributed by atoms with Gasteiger partial charge in [0.1, 0.15) is 28.1 Å². The first kappa shape index (κ1) is 34.0. The third-order valence-corrected chi connectivity index (χ3v) is 10.6. The van der Waals surface area contributed by atoms with Gasteiger partial charge in [0.05, 0.1) is 27.1 Å². The molecule has 2 bridgehead atoms. The number of nitrogens with zero attached hydrogens (tertiary/aromatic N) is 7. The van der Waals surface area contributed by atoms with Gasteiger partial charge in [0.2, 0.25) is 0 Å². The van der Waals surface area contributed by atoms with Crippen LogP contribution in [0.15, 0.2) is 10.5 Å². The average Bonchev–Trinajstić information content (AvgIpc) is 3.61. The van der Waals surface area contributed by atoms with Crippen LogP contribution < -0.4 is 4.90 Å². The van der Waals surface area contributed by atoms with Crippen molar-refractivity contribution >= 4 is 67.5 Å². The molecule has 3 saturated heterocycles. The van der Waals surface area contributed by atoms with Crippen LogP contribution in [0.1, 0.15) is 59.8 Å². The molecular formula is C33H44BrClFN7O4. The Morgan fingerprint density at radius 1 is 1.04 bits per heavy atom. The number of ether oxygens (including phenoxy) is 2. The third-order valence-electron chi connectivity index (χ3n) is 9.25. The van der Waals surface area contributed by atoms with Gasteiger partial charge in [0.15, 0.2) is 11.6 Å². The monoisotopic (exact) mass is 735 g/mol. The standard InChI is InChI=1S/C33H44BrClFN7O4/c1-32(2,3)46-30(44)40(9)11-10-22-37-26-28(43(22)27-17-12-21(27)42(14-17)31(45)47-33(4,5)6)19-13-20(35)23(34)24(36)25(19)38-29(26)41-15-18(16-41)39(7)8/h13,17-18,21,27H,10-12,14-16H2,1-9H3. The molecule has 3 aromatic rings. The summed E-state index contributed by atoms with van der Waals surface area (Å²) in [6.07, 6.45) is 0.458. The number of fused-ring (bicyclic) bond motifs is 4. The number of pyridine rings is 1. The van der Waals surface area contributed by atoms with Crippen LogP contribution in [0, 0.1) is 11.7 Å². The number of anilines is 1. The predicted octanol–water partition coefficient (Wildman–Crippen LogP) is 6.48. The Labute approximate surface area is 288 Å². The van der Waals surface area contributed by atoms with Crippen LogP contribution in [0.2, 0.25) is 5.02 Å². The molecule has 7 rings (SSSR count). The highest BCUT2D eigenvalue weighted by Gasteiger charge is 2.56. The van der Waals surface area contributed by atoms with E-state index in [0.717, 1.165) is 30.9 Å². The molecule has 5 heterocycles. The lowest BCUT2D eigenvalue weighted by atomic mass is 9.79. The van der Waals surface area contributed by atoms with Crippen molar-refractivity contribution < 1.29 is 23.5 Å². The summed E-state index contributed by atoms with van der Waals surface area (Å²) in [6, 6.07) is 1.82. The van der Waals surface area contributed by atoms with E-state index in [1.165, 1.54) is 0 Å². The lowest BCUT2D eigenvalue weighted by molar-refractivity contribution is 0.0206. The number of likely N-dealkylation sites (N-methyl/N-ethyl adjacent to an activating group) is 2. The number of imidazole rings is 1. The third kappa shape index (κ3) is 6.23. The van der Waals surface area contributed by atoms with Crippen molar-refractivity contribution in [2.24, 2.45) is 5.92 Å². The van der Waals surface area contributed by atoms with E-state index >= 15 is 4.39 Å². The van der Waals surface area contributed by atoms with Gasteiger partial charge in [-0.3, -0.25) is 0 Å². The lowest BCUT2D eigenvalue weighted by Crippen LogP contribution is -2.57. The fourth-order valence-corrected chi connectivity index (χ4v) is 7.30. The number of rotatable bonds is 6. The van der Waals surface area contributed by atoms with Gasteiger partial charge in [-0.25, -0.2) is 23.9 Å². The minimum Gasteiger partial charge on any atom is -0.444 e. The second kappa shape index (κ2) is 11.9. The van der Waals surface area contributed by atoms with E-state index in [2.05, 4.69) is 30.3 Å². The number of hydrogen-bond acceptors (Lipinski definition) is 8. The normalized spacial score (nSPS) is 21.4. The number of carbonyl (C=O) groups excluding carboxylic acids is 2. The maximum Gasteiger partial charge on any atom is 0.410 e. The van der Waals surface area contributed by atoms with Crippen molar-refractivity contribution in [1.29, 1.82) is 0 Å². The molecule has 2 amide bonds. The second-order valence-corrected chi connectivity index (χ2v) is 16.5. The minimum atomic E-state index is -0.631. The first-order valence-corrected chi connectivity index (χ1v) is 17.2. The van der Waals surface area contributed by atoms with Crippen molar-refractivity contribution in [3.63, 3.8) is 0 Å². The van der Waals surface area contributed by atoms with E-state index in [-0.39, 0.29) is 39.1 Å². The average molecular weight is 737 g/mol. The molecule has 4 fully saturated rings. The Balaban J connectivity index is 1.49. The molecule has 3 aliphatic heterocycles. The van der Waals surface area contributed by atoms with E-state index in [0.29, 0.717) is 42.3 Å². The smallest absolute Gasteiger partial charge is 0.410 e. The Kier molecular flexibility index (Phi) is 8.61. The Morgan fingerprint density at radius 2 is 1.70 bits per heavy atom. The van der Waals surface area contributed by atoms with Gasteiger partial charge < -0.3 is 33.6 Å². The number of halogens is 3. The van der Waals surface area contributed by atoms with Crippen molar-refractivity contribution in [3.8, 4) is 0 Å². The molecule has 0 N–H and O–H groups in total. The maximum atomic E-state index is 16.0. The van der Waals surface area contributed by atoms with Crippen molar-refractivity contribution in [1.82, 2.24) is 29.2 Å². The molecule has 14 heteroatoms. The van der Waals surface area contributed by atoms with Crippen LogP contribution in [0.3, 0.4) is 0 Å².